The van der Waals surface area contributed by atoms with E-state index in [9.17, 15) is 9.90 Å². The van der Waals surface area contributed by atoms with Crippen LogP contribution in [-0.4, -0.2) is 24.2 Å². The van der Waals surface area contributed by atoms with Gasteiger partial charge in [-0.3, -0.25) is 4.79 Å². The van der Waals surface area contributed by atoms with Crippen LogP contribution in [0.2, 0.25) is 5.02 Å². The van der Waals surface area contributed by atoms with Crippen LogP contribution in [0.15, 0.2) is 66.7 Å². The second-order valence-electron chi connectivity index (χ2n) is 9.71. The second-order valence-corrected chi connectivity index (χ2v) is 10.1. The maximum Gasteiger partial charge on any atom is 0.308 e. The molecular weight excluding hydrogens is 446 g/mol. The van der Waals surface area contributed by atoms with E-state index in [1.54, 1.807) is 7.11 Å². The summed E-state index contributed by atoms with van der Waals surface area (Å²) in [5.41, 5.74) is 5.86. The Kier molecular flexibility index (Phi) is 6.03. The highest BCUT2D eigenvalue weighted by atomic mass is 35.5. The van der Waals surface area contributed by atoms with Gasteiger partial charge in [0.15, 0.2) is 0 Å². The number of rotatable bonds is 5. The third-order valence-corrected chi connectivity index (χ3v) is 8.20. The Labute approximate surface area is 205 Å². The maximum absolute atomic E-state index is 12.3. The first-order chi connectivity index (χ1) is 16.4. The maximum atomic E-state index is 12.3. The summed E-state index contributed by atoms with van der Waals surface area (Å²) in [6, 6.07) is 22.3. The summed E-state index contributed by atoms with van der Waals surface area (Å²) in [4.78, 5) is 12.3. The number of carboxylic acid groups (broad SMARTS) is 1. The molecule has 0 aliphatic heterocycles. The predicted molar refractivity (Wildman–Crippen MR) is 136 cm³/mol. The highest BCUT2D eigenvalue weighted by molar-refractivity contribution is 6.30. The lowest BCUT2D eigenvalue weighted by atomic mass is 9.59. The lowest BCUT2D eigenvalue weighted by molar-refractivity contribution is -0.143. The average Bonchev–Trinajstić information content (AvgIpc) is 3.12. The van der Waals surface area contributed by atoms with E-state index in [4.69, 9.17) is 16.3 Å². The number of benzene rings is 3. The lowest BCUT2D eigenvalue weighted by Crippen LogP contribution is -2.48. The molecule has 4 nitrogen and oxygen atoms in total. The minimum atomic E-state index is -0.745. The zero-order valence-electron chi connectivity index (χ0n) is 19.6. The molecule has 1 fully saturated rings. The number of nitrogens with one attached hydrogen (secondary N) is 1. The molecule has 0 aromatic heterocycles. The molecule has 0 bridgehead atoms. The number of hydrogen-bond acceptors (Lipinski definition) is 3. The van der Waals surface area contributed by atoms with Gasteiger partial charge in [0.05, 0.1) is 13.0 Å². The van der Waals surface area contributed by atoms with Crippen LogP contribution in [0.25, 0.3) is 0 Å². The van der Waals surface area contributed by atoms with Crippen molar-refractivity contribution < 1.29 is 14.6 Å². The molecule has 5 rings (SSSR count). The largest absolute Gasteiger partial charge is 0.496 e. The average molecular weight is 476 g/mol. The van der Waals surface area contributed by atoms with Crippen LogP contribution in [0, 0.1) is 12.8 Å². The number of hydrogen-bond donors (Lipinski definition) is 2. The number of carboxylic acids is 1. The van der Waals surface area contributed by atoms with Crippen LogP contribution >= 0.6 is 11.6 Å². The minimum absolute atomic E-state index is 0.168. The van der Waals surface area contributed by atoms with E-state index in [-0.39, 0.29) is 17.4 Å². The van der Waals surface area contributed by atoms with Crippen LogP contribution in [0.5, 0.6) is 5.75 Å². The van der Waals surface area contributed by atoms with Crippen molar-refractivity contribution in [3.05, 3.63) is 94.0 Å². The summed E-state index contributed by atoms with van der Waals surface area (Å²) in [5.74, 6) is -0.0705. The number of anilines is 1. The van der Waals surface area contributed by atoms with Crippen LogP contribution in [0.3, 0.4) is 0 Å². The Morgan fingerprint density at radius 1 is 1.12 bits per heavy atom. The number of carbonyl (C=O) groups is 1. The smallest absolute Gasteiger partial charge is 0.308 e. The molecule has 0 heterocycles. The van der Waals surface area contributed by atoms with E-state index in [0.29, 0.717) is 11.4 Å². The van der Waals surface area contributed by atoms with Gasteiger partial charge in [0.2, 0.25) is 0 Å². The van der Waals surface area contributed by atoms with Gasteiger partial charge in [-0.1, -0.05) is 54.1 Å². The molecule has 0 radical (unpaired) electrons. The molecule has 2 aliphatic rings. The van der Waals surface area contributed by atoms with E-state index >= 15 is 0 Å². The summed E-state index contributed by atoms with van der Waals surface area (Å²) >= 11 is 6.23. The molecule has 176 valence electrons. The molecule has 4 atom stereocenters. The van der Waals surface area contributed by atoms with Gasteiger partial charge in [0, 0.05) is 33.6 Å². The molecule has 2 N–H and O–H groups in total. The number of methoxy groups -OCH3 is 1. The molecule has 5 heteroatoms. The molecule has 34 heavy (non-hydrogen) atoms. The SMILES string of the molecule is COc1cccc(C)c1C1Cc2ccccc2[C@@]12CC[C@H](C(=O)O)C(Nc1cccc(Cl)c1)C2. The topological polar surface area (TPSA) is 58.6 Å². The summed E-state index contributed by atoms with van der Waals surface area (Å²) in [7, 11) is 1.73. The quantitative estimate of drug-likeness (QED) is 0.436. The summed E-state index contributed by atoms with van der Waals surface area (Å²) in [5, 5.41) is 14.3. The Balaban J connectivity index is 1.61. The van der Waals surface area contributed by atoms with Gasteiger partial charge in [-0.2, -0.15) is 0 Å². The zero-order chi connectivity index (χ0) is 23.9. The Morgan fingerprint density at radius 3 is 2.68 bits per heavy atom. The molecule has 2 unspecified atom stereocenters. The Hall–Kier alpha value is -2.98. The lowest BCUT2D eigenvalue weighted by Gasteiger charge is -2.46. The third kappa shape index (κ3) is 3.84. The van der Waals surface area contributed by atoms with Crippen molar-refractivity contribution in [2.45, 2.75) is 50.0 Å². The monoisotopic (exact) mass is 475 g/mol. The van der Waals surface area contributed by atoms with Gasteiger partial charge in [0.1, 0.15) is 5.75 Å². The number of aryl methyl sites for hydroxylation is 1. The van der Waals surface area contributed by atoms with Crippen molar-refractivity contribution in [1.82, 2.24) is 0 Å². The van der Waals surface area contributed by atoms with Gasteiger partial charge in [-0.15, -0.1) is 0 Å². The summed E-state index contributed by atoms with van der Waals surface area (Å²) in [6.07, 6.45) is 3.11. The van der Waals surface area contributed by atoms with Gasteiger partial charge in [-0.25, -0.2) is 0 Å². The highest BCUT2D eigenvalue weighted by Gasteiger charge is 2.53. The molecular formula is C29H30ClNO3. The molecule has 2 aliphatic carbocycles. The van der Waals surface area contributed by atoms with E-state index in [1.165, 1.54) is 22.3 Å². The predicted octanol–water partition coefficient (Wildman–Crippen LogP) is 6.60. The first-order valence-electron chi connectivity index (χ1n) is 11.9. The normalized spacial score (nSPS) is 25.7. The van der Waals surface area contributed by atoms with Crippen LogP contribution in [0.4, 0.5) is 5.69 Å². The summed E-state index contributed by atoms with van der Waals surface area (Å²) < 4.78 is 5.84. The van der Waals surface area contributed by atoms with Crippen LogP contribution in [-0.2, 0) is 16.6 Å². The molecule has 1 spiro atoms. The molecule has 3 aromatic rings. The van der Waals surface area contributed by atoms with Crippen molar-refractivity contribution in [2.24, 2.45) is 5.92 Å². The third-order valence-electron chi connectivity index (χ3n) is 7.96. The molecule has 1 saturated carbocycles. The minimum Gasteiger partial charge on any atom is -0.496 e. The van der Waals surface area contributed by atoms with Crippen molar-refractivity contribution in [3.8, 4) is 5.75 Å². The second kappa shape index (κ2) is 8.99. The van der Waals surface area contributed by atoms with E-state index in [1.807, 2.05) is 36.4 Å². The molecule has 0 saturated heterocycles. The van der Waals surface area contributed by atoms with Crippen molar-refractivity contribution in [2.75, 3.05) is 12.4 Å². The molecule has 0 amide bonds. The zero-order valence-corrected chi connectivity index (χ0v) is 20.3. The van der Waals surface area contributed by atoms with Crippen molar-refractivity contribution >= 4 is 23.3 Å². The van der Waals surface area contributed by atoms with Crippen molar-refractivity contribution in [3.63, 3.8) is 0 Å². The number of aliphatic carboxylic acids is 1. The van der Waals surface area contributed by atoms with Gasteiger partial charge >= 0.3 is 5.97 Å². The first-order valence-corrected chi connectivity index (χ1v) is 12.3. The van der Waals surface area contributed by atoms with Gasteiger partial charge in [-0.05, 0) is 73.6 Å². The Bertz CT molecular complexity index is 1230. The van der Waals surface area contributed by atoms with Crippen LogP contribution in [0.1, 0.15) is 47.4 Å². The van der Waals surface area contributed by atoms with E-state index in [2.05, 4.69) is 42.6 Å². The van der Waals surface area contributed by atoms with Gasteiger partial charge in [0.25, 0.3) is 0 Å². The fraction of sp³-hybridized carbons (Fsp3) is 0.345. The summed E-state index contributed by atoms with van der Waals surface area (Å²) in [6.45, 7) is 2.15. The van der Waals surface area contributed by atoms with Crippen molar-refractivity contribution in [1.29, 1.82) is 0 Å². The Morgan fingerprint density at radius 2 is 1.91 bits per heavy atom. The van der Waals surface area contributed by atoms with E-state index < -0.39 is 11.9 Å². The molecule has 3 aromatic carbocycles. The standard InChI is InChI=1S/C29H30ClNO3/c1-18-7-5-12-26(34-2)27(18)24-15-19-8-3-4-11-23(19)29(24)14-13-22(28(32)33)25(17-29)31-21-10-6-9-20(30)16-21/h3-12,16,22,24-25,31H,13-15,17H2,1-2H3,(H,32,33)/t22-,24?,25?,29-/m0/s1. The fourth-order valence-electron chi connectivity index (χ4n) is 6.50. The first kappa shape index (κ1) is 22.8. The van der Waals surface area contributed by atoms with E-state index in [0.717, 1.165) is 30.7 Å². The number of ether oxygens (including phenoxy) is 1. The van der Waals surface area contributed by atoms with Crippen LogP contribution < -0.4 is 10.1 Å². The highest BCUT2D eigenvalue weighted by Crippen LogP contribution is 2.59. The van der Waals surface area contributed by atoms with Gasteiger partial charge < -0.3 is 15.2 Å². The number of fused-ring (bicyclic) bond motifs is 2. The fourth-order valence-corrected chi connectivity index (χ4v) is 6.69. The number of halogens is 1.